The average molecular weight is 254 g/mol. The number of hydrogen-bond donors (Lipinski definition) is 1. The molecule has 0 amide bonds. The molecule has 0 fully saturated rings. The van der Waals surface area contributed by atoms with Crippen LogP contribution in [0.5, 0.6) is 5.75 Å². The third-order valence-corrected chi connectivity index (χ3v) is 2.79. The zero-order chi connectivity index (χ0) is 13.4. The zero-order valence-corrected chi connectivity index (χ0v) is 11.3. The second kappa shape index (κ2) is 8.02. The minimum Gasteiger partial charge on any atom is -0.506 e. The van der Waals surface area contributed by atoms with Crippen LogP contribution in [0.15, 0.2) is 18.3 Å². The summed E-state index contributed by atoms with van der Waals surface area (Å²) in [7, 11) is 3.39. The number of aromatic hydroxyl groups is 1. The summed E-state index contributed by atoms with van der Waals surface area (Å²) < 4.78 is 10.3. The van der Waals surface area contributed by atoms with Gasteiger partial charge in [0, 0.05) is 33.4 Å². The summed E-state index contributed by atoms with van der Waals surface area (Å²) in [6, 6.07) is 3.77. The lowest BCUT2D eigenvalue weighted by atomic mass is 10.2. The molecule has 0 saturated carbocycles. The summed E-state index contributed by atoms with van der Waals surface area (Å²) in [5.74, 6) is 0.187. The zero-order valence-electron chi connectivity index (χ0n) is 11.3. The van der Waals surface area contributed by atoms with Gasteiger partial charge in [-0.15, -0.1) is 0 Å². The molecule has 0 spiro atoms. The maximum Gasteiger partial charge on any atom is 0.133 e. The molecule has 1 atom stereocenters. The molecule has 0 bridgehead atoms. The Balaban J connectivity index is 2.61. The third-order valence-electron chi connectivity index (χ3n) is 2.79. The van der Waals surface area contributed by atoms with E-state index in [2.05, 4.69) is 16.8 Å². The van der Waals surface area contributed by atoms with E-state index in [4.69, 9.17) is 9.47 Å². The Hall–Kier alpha value is -1.17. The lowest BCUT2D eigenvalue weighted by Gasteiger charge is -2.28. The number of rotatable bonds is 8. The highest BCUT2D eigenvalue weighted by atomic mass is 16.5. The molecule has 0 aliphatic heterocycles. The lowest BCUT2D eigenvalue weighted by molar-refractivity contribution is 0.0697. The minimum atomic E-state index is 0.187. The van der Waals surface area contributed by atoms with Gasteiger partial charge >= 0.3 is 0 Å². The van der Waals surface area contributed by atoms with Crippen molar-refractivity contribution >= 4 is 0 Å². The van der Waals surface area contributed by atoms with Crippen molar-refractivity contribution in [3.8, 4) is 5.75 Å². The number of methoxy groups -OCH3 is 2. The number of ether oxygens (including phenoxy) is 2. The number of aromatic nitrogens is 1. The molecule has 5 nitrogen and oxygen atoms in total. The van der Waals surface area contributed by atoms with Crippen molar-refractivity contribution in [2.45, 2.75) is 19.5 Å². The first-order valence-electron chi connectivity index (χ1n) is 6.03. The molecule has 1 rings (SSSR count). The SMILES string of the molecule is COCCN(Cc1ccc(O)cn1)C(C)COC. The van der Waals surface area contributed by atoms with Gasteiger partial charge in [0.1, 0.15) is 5.75 Å². The first-order valence-corrected chi connectivity index (χ1v) is 6.03. The number of nitrogens with zero attached hydrogens (tertiary/aromatic N) is 2. The van der Waals surface area contributed by atoms with Crippen LogP contribution in [0, 0.1) is 0 Å². The Morgan fingerprint density at radius 2 is 2.11 bits per heavy atom. The summed E-state index contributed by atoms with van der Waals surface area (Å²) in [5, 5.41) is 9.21. The molecule has 0 aliphatic rings. The van der Waals surface area contributed by atoms with Crippen molar-refractivity contribution in [1.29, 1.82) is 0 Å². The van der Waals surface area contributed by atoms with Crippen LogP contribution in [0.4, 0.5) is 0 Å². The molecule has 1 N–H and O–H groups in total. The van der Waals surface area contributed by atoms with Gasteiger partial charge in [-0.05, 0) is 19.1 Å². The van der Waals surface area contributed by atoms with Crippen molar-refractivity contribution in [2.75, 3.05) is 34.0 Å². The van der Waals surface area contributed by atoms with E-state index in [-0.39, 0.29) is 5.75 Å². The first kappa shape index (κ1) is 14.9. The Labute approximate surface area is 108 Å². The molecule has 0 saturated heterocycles. The second-order valence-electron chi connectivity index (χ2n) is 4.28. The molecule has 102 valence electrons. The summed E-state index contributed by atoms with van der Waals surface area (Å²) in [5.41, 5.74) is 0.923. The topological polar surface area (TPSA) is 54.8 Å². The fraction of sp³-hybridized carbons (Fsp3) is 0.615. The van der Waals surface area contributed by atoms with E-state index >= 15 is 0 Å². The van der Waals surface area contributed by atoms with Crippen molar-refractivity contribution in [1.82, 2.24) is 9.88 Å². The highest BCUT2D eigenvalue weighted by Gasteiger charge is 2.14. The molecule has 18 heavy (non-hydrogen) atoms. The maximum absolute atomic E-state index is 9.21. The van der Waals surface area contributed by atoms with Crippen LogP contribution < -0.4 is 0 Å². The van der Waals surface area contributed by atoms with Gasteiger partial charge < -0.3 is 14.6 Å². The van der Waals surface area contributed by atoms with Crippen molar-refractivity contribution in [3.05, 3.63) is 24.0 Å². The molecule has 1 aromatic heterocycles. The van der Waals surface area contributed by atoms with Gasteiger partial charge in [-0.25, -0.2) is 0 Å². The van der Waals surface area contributed by atoms with Gasteiger partial charge in [0.25, 0.3) is 0 Å². The molecule has 1 heterocycles. The van der Waals surface area contributed by atoms with Gasteiger partial charge in [-0.3, -0.25) is 9.88 Å². The summed E-state index contributed by atoms with van der Waals surface area (Å²) in [6.45, 7) is 4.99. The summed E-state index contributed by atoms with van der Waals surface area (Å²) >= 11 is 0. The standard InChI is InChI=1S/C13H22N2O3/c1-11(10-18-3)15(6-7-17-2)9-12-4-5-13(16)8-14-12/h4-5,8,11,16H,6-7,9-10H2,1-3H3. The maximum atomic E-state index is 9.21. The summed E-state index contributed by atoms with van der Waals surface area (Å²) in [6.07, 6.45) is 1.46. The Bertz CT molecular complexity index is 330. The fourth-order valence-electron chi connectivity index (χ4n) is 1.73. The van der Waals surface area contributed by atoms with E-state index in [9.17, 15) is 5.11 Å². The van der Waals surface area contributed by atoms with E-state index in [1.54, 1.807) is 20.3 Å². The van der Waals surface area contributed by atoms with Crippen molar-refractivity contribution in [3.63, 3.8) is 0 Å². The smallest absolute Gasteiger partial charge is 0.133 e. The molecular weight excluding hydrogens is 232 g/mol. The molecule has 1 aromatic rings. The molecule has 0 aromatic carbocycles. The van der Waals surface area contributed by atoms with Crippen LogP contribution in [0.2, 0.25) is 0 Å². The normalized spacial score (nSPS) is 12.9. The average Bonchev–Trinajstić information content (AvgIpc) is 2.37. The van der Waals surface area contributed by atoms with Gasteiger partial charge in [0.05, 0.1) is 25.1 Å². The quantitative estimate of drug-likeness (QED) is 0.757. The van der Waals surface area contributed by atoms with Crippen molar-refractivity contribution < 1.29 is 14.6 Å². The van der Waals surface area contributed by atoms with E-state index in [1.165, 1.54) is 6.20 Å². The largest absolute Gasteiger partial charge is 0.506 e. The Morgan fingerprint density at radius 3 is 2.67 bits per heavy atom. The van der Waals surface area contributed by atoms with E-state index in [0.29, 0.717) is 25.8 Å². The Morgan fingerprint density at radius 1 is 1.33 bits per heavy atom. The highest BCUT2D eigenvalue weighted by Crippen LogP contribution is 2.10. The summed E-state index contributed by atoms with van der Waals surface area (Å²) in [4.78, 5) is 6.44. The molecule has 0 aliphatic carbocycles. The van der Waals surface area contributed by atoms with Crippen molar-refractivity contribution in [2.24, 2.45) is 0 Å². The third kappa shape index (κ3) is 5.00. The van der Waals surface area contributed by atoms with Crippen LogP contribution >= 0.6 is 0 Å². The highest BCUT2D eigenvalue weighted by molar-refractivity contribution is 5.17. The minimum absolute atomic E-state index is 0.187. The first-order chi connectivity index (χ1) is 8.67. The second-order valence-corrected chi connectivity index (χ2v) is 4.28. The van der Waals surface area contributed by atoms with E-state index in [0.717, 1.165) is 12.2 Å². The van der Waals surface area contributed by atoms with Crippen LogP contribution in [0.3, 0.4) is 0 Å². The van der Waals surface area contributed by atoms with Crippen LogP contribution in [0.25, 0.3) is 0 Å². The molecular formula is C13H22N2O3. The van der Waals surface area contributed by atoms with Crippen LogP contribution in [0.1, 0.15) is 12.6 Å². The fourth-order valence-corrected chi connectivity index (χ4v) is 1.73. The molecule has 0 radical (unpaired) electrons. The number of pyridine rings is 1. The predicted octanol–water partition coefficient (Wildman–Crippen LogP) is 1.27. The van der Waals surface area contributed by atoms with Gasteiger partial charge in [-0.1, -0.05) is 0 Å². The van der Waals surface area contributed by atoms with E-state index < -0.39 is 0 Å². The monoisotopic (exact) mass is 254 g/mol. The van der Waals surface area contributed by atoms with Gasteiger partial charge in [0.15, 0.2) is 0 Å². The number of hydrogen-bond acceptors (Lipinski definition) is 5. The molecule has 1 unspecified atom stereocenters. The predicted molar refractivity (Wildman–Crippen MR) is 69.5 cm³/mol. The van der Waals surface area contributed by atoms with Gasteiger partial charge in [0.2, 0.25) is 0 Å². The Kier molecular flexibility index (Phi) is 6.64. The van der Waals surface area contributed by atoms with Crippen LogP contribution in [-0.2, 0) is 16.0 Å². The van der Waals surface area contributed by atoms with Gasteiger partial charge in [-0.2, -0.15) is 0 Å². The molecule has 5 heteroatoms. The van der Waals surface area contributed by atoms with Crippen LogP contribution in [-0.4, -0.2) is 55.0 Å². The lowest BCUT2D eigenvalue weighted by Crippen LogP contribution is -2.38. The van der Waals surface area contributed by atoms with E-state index in [1.807, 2.05) is 6.07 Å².